The largest absolute Gasteiger partial charge is 0.444 e. The fraction of sp³-hybridized carbons (Fsp3) is 0.933. The molecule has 7 heteroatoms. The van der Waals surface area contributed by atoms with Gasteiger partial charge in [-0.05, 0) is 59.4 Å². The van der Waals surface area contributed by atoms with Crippen molar-refractivity contribution in [2.24, 2.45) is 0 Å². The maximum Gasteiger partial charge on any atom is 0.407 e. The predicted octanol–water partition coefficient (Wildman–Crippen LogP) is 3.75. The van der Waals surface area contributed by atoms with Crippen LogP contribution in [-0.4, -0.2) is 36.5 Å². The van der Waals surface area contributed by atoms with Crippen LogP contribution in [-0.2, 0) is 4.74 Å². The van der Waals surface area contributed by atoms with Crippen LogP contribution in [0.15, 0.2) is 0 Å². The number of rotatable bonds is 5. The number of carbonyl (C=O) groups is 1. The van der Waals surface area contributed by atoms with Crippen LogP contribution < -0.4 is 10.6 Å². The maximum absolute atomic E-state index is 12.1. The van der Waals surface area contributed by atoms with E-state index in [0.717, 1.165) is 25.7 Å². The highest BCUT2D eigenvalue weighted by molar-refractivity contribution is 5.68. The van der Waals surface area contributed by atoms with Crippen molar-refractivity contribution < 1.29 is 22.7 Å². The summed E-state index contributed by atoms with van der Waals surface area (Å²) in [5, 5.41) is 5.99. The Labute approximate surface area is 130 Å². The number of carbonyl (C=O) groups excluding carboxylic acids is 1. The van der Waals surface area contributed by atoms with Gasteiger partial charge >= 0.3 is 12.3 Å². The third-order valence-corrected chi connectivity index (χ3v) is 3.47. The molecule has 130 valence electrons. The first-order valence-corrected chi connectivity index (χ1v) is 7.85. The SMILES string of the molecule is CC(C)(C)OC(=O)NC1CCCC(NCCCC(F)(F)F)C1. The van der Waals surface area contributed by atoms with Gasteiger partial charge in [0.2, 0.25) is 0 Å². The summed E-state index contributed by atoms with van der Waals surface area (Å²) in [7, 11) is 0. The smallest absolute Gasteiger partial charge is 0.407 e. The normalized spacial score (nSPS) is 23.2. The molecule has 0 aromatic rings. The maximum atomic E-state index is 12.1. The molecule has 22 heavy (non-hydrogen) atoms. The van der Waals surface area contributed by atoms with E-state index in [4.69, 9.17) is 4.74 Å². The monoisotopic (exact) mass is 324 g/mol. The number of alkyl halides is 3. The van der Waals surface area contributed by atoms with E-state index in [-0.39, 0.29) is 18.5 Å². The standard InChI is InChI=1S/C15H27F3N2O2/c1-14(2,3)22-13(21)20-12-7-4-6-11(10-12)19-9-5-8-15(16,17)18/h11-12,19H,4-10H2,1-3H3,(H,20,21). The van der Waals surface area contributed by atoms with Crippen molar-refractivity contribution in [2.45, 2.75) is 83.2 Å². The van der Waals surface area contributed by atoms with Gasteiger partial charge in [-0.2, -0.15) is 13.2 Å². The molecule has 4 nitrogen and oxygen atoms in total. The van der Waals surface area contributed by atoms with E-state index in [1.165, 1.54) is 0 Å². The molecule has 0 aliphatic heterocycles. The zero-order valence-electron chi connectivity index (χ0n) is 13.6. The number of halogens is 3. The molecule has 1 amide bonds. The molecular formula is C15H27F3N2O2. The third kappa shape index (κ3) is 9.12. The van der Waals surface area contributed by atoms with Crippen LogP contribution in [0.2, 0.25) is 0 Å². The lowest BCUT2D eigenvalue weighted by Crippen LogP contribution is -2.45. The average Bonchev–Trinajstić information content (AvgIpc) is 2.31. The lowest BCUT2D eigenvalue weighted by Gasteiger charge is -2.31. The first-order valence-electron chi connectivity index (χ1n) is 7.85. The van der Waals surface area contributed by atoms with Crippen molar-refractivity contribution in [3.05, 3.63) is 0 Å². The summed E-state index contributed by atoms with van der Waals surface area (Å²) in [4.78, 5) is 11.7. The molecule has 0 aromatic carbocycles. The Morgan fingerprint density at radius 1 is 1.18 bits per heavy atom. The van der Waals surface area contributed by atoms with Crippen molar-refractivity contribution >= 4 is 6.09 Å². The molecule has 0 radical (unpaired) electrons. The number of nitrogens with one attached hydrogen (secondary N) is 2. The molecule has 1 aliphatic rings. The summed E-state index contributed by atoms with van der Waals surface area (Å²) < 4.78 is 41.4. The van der Waals surface area contributed by atoms with Crippen LogP contribution in [0, 0.1) is 0 Å². The first kappa shape index (κ1) is 19.1. The number of hydrogen-bond donors (Lipinski definition) is 2. The highest BCUT2D eigenvalue weighted by Crippen LogP contribution is 2.22. The summed E-state index contributed by atoms with van der Waals surface area (Å²) in [6.45, 7) is 5.76. The van der Waals surface area contributed by atoms with E-state index in [2.05, 4.69) is 10.6 Å². The van der Waals surface area contributed by atoms with Crippen LogP contribution in [0.4, 0.5) is 18.0 Å². The fourth-order valence-corrected chi connectivity index (χ4v) is 2.58. The van der Waals surface area contributed by atoms with E-state index < -0.39 is 24.3 Å². The summed E-state index contributed by atoms with van der Waals surface area (Å²) in [5.41, 5.74) is -0.534. The molecule has 2 unspecified atom stereocenters. The second-order valence-electron chi connectivity index (χ2n) is 6.88. The Bertz CT molecular complexity index is 354. The van der Waals surface area contributed by atoms with Crippen molar-refractivity contribution in [2.75, 3.05) is 6.54 Å². The summed E-state index contributed by atoms with van der Waals surface area (Å²) in [5.74, 6) is 0. The van der Waals surface area contributed by atoms with Crippen molar-refractivity contribution in [3.8, 4) is 0 Å². The van der Waals surface area contributed by atoms with Gasteiger partial charge in [-0.3, -0.25) is 0 Å². The molecular weight excluding hydrogens is 297 g/mol. The van der Waals surface area contributed by atoms with Gasteiger partial charge in [0.1, 0.15) is 5.60 Å². The zero-order chi connectivity index (χ0) is 16.8. The third-order valence-electron chi connectivity index (χ3n) is 3.47. The second kappa shape index (κ2) is 8.04. The Morgan fingerprint density at radius 2 is 1.82 bits per heavy atom. The minimum Gasteiger partial charge on any atom is -0.444 e. The average molecular weight is 324 g/mol. The summed E-state index contributed by atoms with van der Waals surface area (Å²) in [6.07, 6.45) is -1.72. The van der Waals surface area contributed by atoms with Crippen molar-refractivity contribution in [1.29, 1.82) is 0 Å². The van der Waals surface area contributed by atoms with E-state index in [9.17, 15) is 18.0 Å². The minimum absolute atomic E-state index is 0.0173. The molecule has 1 aliphatic carbocycles. The molecule has 0 spiro atoms. The Kier molecular flexibility index (Phi) is 6.97. The van der Waals surface area contributed by atoms with Gasteiger partial charge in [-0.15, -0.1) is 0 Å². The highest BCUT2D eigenvalue weighted by atomic mass is 19.4. The molecule has 0 bridgehead atoms. The van der Waals surface area contributed by atoms with Crippen LogP contribution in [0.1, 0.15) is 59.3 Å². The summed E-state index contributed by atoms with van der Waals surface area (Å²) >= 11 is 0. The van der Waals surface area contributed by atoms with Gasteiger partial charge < -0.3 is 15.4 Å². The van der Waals surface area contributed by atoms with Crippen LogP contribution in [0.25, 0.3) is 0 Å². The van der Waals surface area contributed by atoms with E-state index in [1.807, 2.05) is 0 Å². The topological polar surface area (TPSA) is 50.4 Å². The van der Waals surface area contributed by atoms with Crippen molar-refractivity contribution in [3.63, 3.8) is 0 Å². The molecule has 1 fully saturated rings. The number of amides is 1. The number of hydrogen-bond acceptors (Lipinski definition) is 3. The molecule has 0 saturated heterocycles. The van der Waals surface area contributed by atoms with Gasteiger partial charge in [0, 0.05) is 18.5 Å². The van der Waals surface area contributed by atoms with E-state index >= 15 is 0 Å². The fourth-order valence-electron chi connectivity index (χ4n) is 2.58. The molecule has 2 N–H and O–H groups in total. The highest BCUT2D eigenvalue weighted by Gasteiger charge is 2.27. The Hall–Kier alpha value is -0.980. The zero-order valence-corrected chi connectivity index (χ0v) is 13.6. The number of ether oxygens (including phenoxy) is 1. The first-order chi connectivity index (χ1) is 10.1. The minimum atomic E-state index is -4.09. The number of alkyl carbamates (subject to hydrolysis) is 1. The molecule has 0 heterocycles. The Morgan fingerprint density at radius 3 is 2.41 bits per heavy atom. The van der Waals surface area contributed by atoms with Crippen LogP contribution in [0.3, 0.4) is 0 Å². The molecule has 1 saturated carbocycles. The molecule has 1 rings (SSSR count). The molecule has 2 atom stereocenters. The van der Waals surface area contributed by atoms with Gasteiger partial charge in [0.25, 0.3) is 0 Å². The van der Waals surface area contributed by atoms with Crippen LogP contribution in [0.5, 0.6) is 0 Å². The summed E-state index contributed by atoms with van der Waals surface area (Å²) in [6, 6.07) is 0.172. The quantitative estimate of drug-likeness (QED) is 0.757. The van der Waals surface area contributed by atoms with Crippen LogP contribution >= 0.6 is 0 Å². The predicted molar refractivity (Wildman–Crippen MR) is 78.7 cm³/mol. The van der Waals surface area contributed by atoms with Crippen molar-refractivity contribution in [1.82, 2.24) is 10.6 Å². The van der Waals surface area contributed by atoms with E-state index in [1.54, 1.807) is 20.8 Å². The molecule has 0 aromatic heterocycles. The van der Waals surface area contributed by atoms with Gasteiger partial charge in [0.15, 0.2) is 0 Å². The van der Waals surface area contributed by atoms with Gasteiger partial charge in [0.05, 0.1) is 0 Å². The second-order valence-corrected chi connectivity index (χ2v) is 6.88. The van der Waals surface area contributed by atoms with Gasteiger partial charge in [-0.1, -0.05) is 0 Å². The Balaban J connectivity index is 2.25. The lowest BCUT2D eigenvalue weighted by atomic mass is 9.91. The van der Waals surface area contributed by atoms with E-state index in [0.29, 0.717) is 6.54 Å². The van der Waals surface area contributed by atoms with Gasteiger partial charge in [-0.25, -0.2) is 4.79 Å². The lowest BCUT2D eigenvalue weighted by molar-refractivity contribution is -0.135.